The van der Waals surface area contributed by atoms with E-state index in [1.807, 2.05) is 49.4 Å². The molecule has 1 aromatic heterocycles. The molecule has 0 saturated carbocycles. The van der Waals surface area contributed by atoms with Gasteiger partial charge in [0.15, 0.2) is 0 Å². The van der Waals surface area contributed by atoms with Crippen LogP contribution in [0, 0.1) is 0 Å². The van der Waals surface area contributed by atoms with Gasteiger partial charge in [-0.05, 0) is 55.7 Å². The van der Waals surface area contributed by atoms with Crippen LogP contribution in [0.15, 0.2) is 48.5 Å². The first kappa shape index (κ1) is 18.3. The van der Waals surface area contributed by atoms with E-state index < -0.39 is 6.10 Å². The highest BCUT2D eigenvalue weighted by Gasteiger charge is 2.16. The van der Waals surface area contributed by atoms with Crippen LogP contribution in [0.2, 0.25) is 0 Å². The van der Waals surface area contributed by atoms with Crippen LogP contribution in [0.3, 0.4) is 0 Å². The van der Waals surface area contributed by atoms with Gasteiger partial charge in [-0.2, -0.15) is 0 Å². The van der Waals surface area contributed by atoms with E-state index in [9.17, 15) is 5.11 Å². The second-order valence-electron chi connectivity index (χ2n) is 6.27. The first-order chi connectivity index (χ1) is 12.7. The Kier molecular flexibility index (Phi) is 6.12. The largest absolute Gasteiger partial charge is 0.497 e. The summed E-state index contributed by atoms with van der Waals surface area (Å²) in [6.45, 7) is 3.44. The van der Waals surface area contributed by atoms with Crippen LogP contribution in [0.25, 0.3) is 11.0 Å². The summed E-state index contributed by atoms with van der Waals surface area (Å²) in [5.74, 6) is 2.43. The number of aliphatic hydroxyl groups excluding tert-OH is 1. The number of unbranched alkanes of at least 4 members (excludes halogenated alkanes) is 1. The fourth-order valence-electron chi connectivity index (χ4n) is 3.00. The summed E-state index contributed by atoms with van der Waals surface area (Å²) in [4.78, 5) is 4.62. The van der Waals surface area contributed by atoms with E-state index in [2.05, 4.69) is 15.6 Å². The van der Waals surface area contributed by atoms with Crippen molar-refractivity contribution >= 4 is 11.0 Å². The SMILES string of the molecule is CCC(O)c1nc2ccccc2n1CCCCOc1ccc(OC)cc1. The molecule has 0 saturated heterocycles. The molecule has 3 rings (SSSR count). The lowest BCUT2D eigenvalue weighted by Crippen LogP contribution is -2.09. The molecule has 138 valence electrons. The molecule has 3 aromatic rings. The fraction of sp³-hybridized carbons (Fsp3) is 0.381. The third-order valence-corrected chi connectivity index (χ3v) is 4.47. The van der Waals surface area contributed by atoms with Crippen molar-refractivity contribution in [3.05, 3.63) is 54.4 Å². The standard InChI is InChI=1S/C21H26N2O3/c1-3-20(24)21-22-18-8-4-5-9-19(18)23(21)14-6-7-15-26-17-12-10-16(25-2)11-13-17/h4-5,8-13,20,24H,3,6-7,14-15H2,1-2H3. The highest BCUT2D eigenvalue weighted by atomic mass is 16.5. The number of fused-ring (bicyclic) bond motifs is 1. The number of aryl methyl sites for hydroxylation is 1. The lowest BCUT2D eigenvalue weighted by Gasteiger charge is -2.13. The van der Waals surface area contributed by atoms with Gasteiger partial charge in [-0.25, -0.2) is 4.98 Å². The molecule has 1 heterocycles. The molecule has 0 fully saturated rings. The summed E-state index contributed by atoms with van der Waals surface area (Å²) in [7, 11) is 1.65. The Balaban J connectivity index is 1.57. The second kappa shape index (κ2) is 8.72. The van der Waals surface area contributed by atoms with Crippen LogP contribution >= 0.6 is 0 Å². The Labute approximate surface area is 154 Å². The van der Waals surface area contributed by atoms with Crippen molar-refractivity contribution in [2.75, 3.05) is 13.7 Å². The van der Waals surface area contributed by atoms with Crippen molar-refractivity contribution in [2.45, 2.75) is 38.8 Å². The lowest BCUT2D eigenvalue weighted by molar-refractivity contribution is 0.159. The molecule has 0 aliphatic heterocycles. The quantitative estimate of drug-likeness (QED) is 0.581. The van der Waals surface area contributed by atoms with E-state index in [0.29, 0.717) is 13.0 Å². The first-order valence-corrected chi connectivity index (χ1v) is 9.13. The highest BCUT2D eigenvalue weighted by Crippen LogP contribution is 2.23. The molecule has 1 N–H and O–H groups in total. The number of hydrogen-bond donors (Lipinski definition) is 1. The third kappa shape index (κ3) is 4.17. The van der Waals surface area contributed by atoms with Crippen molar-refractivity contribution in [2.24, 2.45) is 0 Å². The predicted molar refractivity (Wildman–Crippen MR) is 103 cm³/mol. The van der Waals surface area contributed by atoms with E-state index in [0.717, 1.165) is 47.7 Å². The molecule has 0 bridgehead atoms. The van der Waals surface area contributed by atoms with Crippen LogP contribution < -0.4 is 9.47 Å². The lowest BCUT2D eigenvalue weighted by atomic mass is 10.2. The Hall–Kier alpha value is -2.53. The fourth-order valence-corrected chi connectivity index (χ4v) is 3.00. The van der Waals surface area contributed by atoms with E-state index in [4.69, 9.17) is 9.47 Å². The van der Waals surface area contributed by atoms with Crippen molar-refractivity contribution in [3.63, 3.8) is 0 Å². The Bertz CT molecular complexity index is 827. The Morgan fingerprint density at radius 1 is 1.04 bits per heavy atom. The maximum atomic E-state index is 10.3. The zero-order valence-corrected chi connectivity index (χ0v) is 15.4. The number of aromatic nitrogens is 2. The number of ether oxygens (including phenoxy) is 2. The molecule has 5 nitrogen and oxygen atoms in total. The number of hydrogen-bond acceptors (Lipinski definition) is 4. The van der Waals surface area contributed by atoms with Gasteiger partial charge in [0.25, 0.3) is 0 Å². The predicted octanol–water partition coefficient (Wildman–Crippen LogP) is 4.35. The zero-order chi connectivity index (χ0) is 18.4. The van der Waals surface area contributed by atoms with E-state index >= 15 is 0 Å². The topological polar surface area (TPSA) is 56.5 Å². The molecular weight excluding hydrogens is 328 g/mol. The zero-order valence-electron chi connectivity index (χ0n) is 15.4. The average Bonchev–Trinajstić information content (AvgIpc) is 3.06. The van der Waals surface area contributed by atoms with E-state index in [-0.39, 0.29) is 0 Å². The van der Waals surface area contributed by atoms with Crippen molar-refractivity contribution in [3.8, 4) is 11.5 Å². The van der Waals surface area contributed by atoms with Gasteiger partial charge in [0, 0.05) is 6.54 Å². The second-order valence-corrected chi connectivity index (χ2v) is 6.27. The monoisotopic (exact) mass is 354 g/mol. The van der Waals surface area contributed by atoms with Crippen molar-refractivity contribution in [1.82, 2.24) is 9.55 Å². The van der Waals surface area contributed by atoms with Gasteiger partial charge < -0.3 is 19.1 Å². The summed E-state index contributed by atoms with van der Waals surface area (Å²) in [5.41, 5.74) is 2.01. The van der Waals surface area contributed by atoms with Crippen molar-refractivity contribution < 1.29 is 14.6 Å². The van der Waals surface area contributed by atoms with Gasteiger partial charge in [-0.1, -0.05) is 19.1 Å². The first-order valence-electron chi connectivity index (χ1n) is 9.13. The minimum absolute atomic E-state index is 0.530. The number of benzene rings is 2. The summed E-state index contributed by atoms with van der Waals surface area (Å²) in [6.07, 6.45) is 2.02. The molecule has 0 amide bonds. The number of para-hydroxylation sites is 2. The smallest absolute Gasteiger partial charge is 0.138 e. The summed E-state index contributed by atoms with van der Waals surface area (Å²) in [5, 5.41) is 10.3. The minimum atomic E-state index is -0.530. The maximum absolute atomic E-state index is 10.3. The average molecular weight is 354 g/mol. The van der Waals surface area contributed by atoms with Crippen LogP contribution in [-0.2, 0) is 6.54 Å². The van der Waals surface area contributed by atoms with E-state index in [1.165, 1.54) is 0 Å². The summed E-state index contributed by atoms with van der Waals surface area (Å²) >= 11 is 0. The molecule has 2 aromatic carbocycles. The molecule has 1 atom stereocenters. The molecular formula is C21H26N2O3. The number of rotatable bonds is 9. The number of aliphatic hydroxyl groups is 1. The normalized spacial score (nSPS) is 12.3. The van der Waals surface area contributed by atoms with Crippen LogP contribution in [-0.4, -0.2) is 28.4 Å². The molecule has 0 spiro atoms. The van der Waals surface area contributed by atoms with Gasteiger partial charge in [0.2, 0.25) is 0 Å². The van der Waals surface area contributed by atoms with Crippen LogP contribution in [0.5, 0.6) is 11.5 Å². The highest BCUT2D eigenvalue weighted by molar-refractivity contribution is 5.76. The maximum Gasteiger partial charge on any atom is 0.138 e. The molecule has 0 radical (unpaired) electrons. The summed E-state index contributed by atoms with van der Waals surface area (Å²) < 4.78 is 13.1. The third-order valence-electron chi connectivity index (χ3n) is 4.47. The Morgan fingerprint density at radius 2 is 1.77 bits per heavy atom. The van der Waals surface area contributed by atoms with E-state index in [1.54, 1.807) is 7.11 Å². The van der Waals surface area contributed by atoms with Gasteiger partial charge in [-0.15, -0.1) is 0 Å². The molecule has 0 aliphatic rings. The molecule has 5 heteroatoms. The number of methoxy groups -OCH3 is 1. The molecule has 0 aliphatic carbocycles. The van der Waals surface area contributed by atoms with Crippen LogP contribution in [0.1, 0.15) is 38.1 Å². The van der Waals surface area contributed by atoms with Gasteiger partial charge in [0.05, 0.1) is 24.8 Å². The Morgan fingerprint density at radius 3 is 2.50 bits per heavy atom. The van der Waals surface area contributed by atoms with Crippen molar-refractivity contribution in [1.29, 1.82) is 0 Å². The van der Waals surface area contributed by atoms with Gasteiger partial charge in [0.1, 0.15) is 23.4 Å². The van der Waals surface area contributed by atoms with Crippen LogP contribution in [0.4, 0.5) is 0 Å². The summed E-state index contributed by atoms with van der Waals surface area (Å²) in [6, 6.07) is 15.7. The molecule has 26 heavy (non-hydrogen) atoms. The van der Waals surface area contributed by atoms with Gasteiger partial charge >= 0.3 is 0 Å². The molecule has 1 unspecified atom stereocenters. The number of imidazole rings is 1. The number of nitrogens with zero attached hydrogens (tertiary/aromatic N) is 2. The van der Waals surface area contributed by atoms with Gasteiger partial charge in [-0.3, -0.25) is 0 Å². The minimum Gasteiger partial charge on any atom is -0.497 e.